The molecule has 1 aromatic carbocycles. The van der Waals surface area contributed by atoms with Gasteiger partial charge < -0.3 is 9.52 Å². The lowest BCUT2D eigenvalue weighted by molar-refractivity contribution is 0.0570. The number of rotatable bonds is 3. The van der Waals surface area contributed by atoms with Crippen LogP contribution in [0.1, 0.15) is 18.1 Å². The van der Waals surface area contributed by atoms with E-state index in [0.29, 0.717) is 11.4 Å². The first-order chi connectivity index (χ1) is 7.99. The van der Waals surface area contributed by atoms with E-state index in [1.165, 1.54) is 0 Å². The first kappa shape index (κ1) is 12.7. The van der Waals surface area contributed by atoms with Gasteiger partial charge in [0.1, 0.15) is 0 Å². The van der Waals surface area contributed by atoms with Crippen molar-refractivity contribution in [2.24, 2.45) is 0 Å². The molecule has 1 N–H and O–H groups in total. The molecular formula is C13H12BrClO2. The highest BCUT2D eigenvalue weighted by atomic mass is 79.9. The van der Waals surface area contributed by atoms with Gasteiger partial charge in [-0.05, 0) is 30.7 Å². The van der Waals surface area contributed by atoms with Gasteiger partial charge >= 0.3 is 0 Å². The van der Waals surface area contributed by atoms with Crippen molar-refractivity contribution in [1.82, 2.24) is 0 Å². The van der Waals surface area contributed by atoms with Crippen molar-refractivity contribution in [1.29, 1.82) is 0 Å². The van der Waals surface area contributed by atoms with Gasteiger partial charge in [-0.2, -0.15) is 0 Å². The molecule has 2 nitrogen and oxygen atoms in total. The lowest BCUT2D eigenvalue weighted by Gasteiger charge is -2.22. The molecule has 1 atom stereocenters. The van der Waals surface area contributed by atoms with Crippen LogP contribution in [0.15, 0.2) is 45.7 Å². The zero-order valence-electron chi connectivity index (χ0n) is 9.28. The second-order valence-corrected chi connectivity index (χ2v) is 5.52. The molecule has 1 aromatic heterocycles. The van der Waals surface area contributed by atoms with E-state index in [2.05, 4.69) is 15.9 Å². The van der Waals surface area contributed by atoms with Crippen LogP contribution in [0.3, 0.4) is 0 Å². The minimum absolute atomic E-state index is 0.443. The van der Waals surface area contributed by atoms with Crippen molar-refractivity contribution in [3.8, 4) is 0 Å². The van der Waals surface area contributed by atoms with Gasteiger partial charge in [0, 0.05) is 21.5 Å². The molecule has 0 bridgehead atoms. The molecule has 90 valence electrons. The Kier molecular flexibility index (Phi) is 3.61. The van der Waals surface area contributed by atoms with Gasteiger partial charge in [-0.15, -0.1) is 0 Å². The Morgan fingerprint density at radius 2 is 2.18 bits per heavy atom. The van der Waals surface area contributed by atoms with Crippen LogP contribution >= 0.6 is 27.5 Å². The highest BCUT2D eigenvalue weighted by Gasteiger charge is 2.25. The number of aliphatic hydroxyl groups is 1. The number of hydrogen-bond acceptors (Lipinski definition) is 2. The zero-order chi connectivity index (χ0) is 12.5. The van der Waals surface area contributed by atoms with Crippen LogP contribution in [0.25, 0.3) is 0 Å². The Hall–Kier alpha value is -0.770. The maximum absolute atomic E-state index is 10.4. The third-order valence-corrected chi connectivity index (χ3v) is 3.54. The monoisotopic (exact) mass is 314 g/mol. The molecule has 0 amide bonds. The summed E-state index contributed by atoms with van der Waals surface area (Å²) in [5, 5.41) is 11.0. The van der Waals surface area contributed by atoms with Crippen LogP contribution in [-0.2, 0) is 12.0 Å². The minimum Gasteiger partial charge on any atom is -0.472 e. The van der Waals surface area contributed by atoms with Gasteiger partial charge in [-0.1, -0.05) is 33.6 Å². The van der Waals surface area contributed by atoms with Gasteiger partial charge in [0.25, 0.3) is 0 Å². The van der Waals surface area contributed by atoms with Crippen LogP contribution in [0.4, 0.5) is 0 Å². The Labute approximate surface area is 113 Å². The summed E-state index contributed by atoms with van der Waals surface area (Å²) in [4.78, 5) is 0. The standard InChI is InChI=1S/C13H12BrClO2/c1-13(16,10-4-5-17-8-10)7-9-2-3-11(14)6-12(9)15/h2-6,8,16H,7H2,1H3. The smallest absolute Gasteiger partial charge is 0.0963 e. The van der Waals surface area contributed by atoms with Crippen LogP contribution in [0, 0.1) is 0 Å². The molecule has 0 radical (unpaired) electrons. The second-order valence-electron chi connectivity index (χ2n) is 4.20. The van der Waals surface area contributed by atoms with Crippen molar-refractivity contribution < 1.29 is 9.52 Å². The number of halogens is 2. The van der Waals surface area contributed by atoms with E-state index in [1.54, 1.807) is 25.5 Å². The van der Waals surface area contributed by atoms with Crippen molar-refractivity contribution >= 4 is 27.5 Å². The van der Waals surface area contributed by atoms with E-state index in [1.807, 2.05) is 18.2 Å². The van der Waals surface area contributed by atoms with E-state index < -0.39 is 5.60 Å². The quantitative estimate of drug-likeness (QED) is 0.923. The van der Waals surface area contributed by atoms with Crippen LogP contribution in [0.5, 0.6) is 0 Å². The van der Waals surface area contributed by atoms with Crippen molar-refractivity contribution in [3.05, 3.63) is 57.4 Å². The third kappa shape index (κ3) is 2.92. The molecule has 2 rings (SSSR count). The van der Waals surface area contributed by atoms with Crippen LogP contribution in [-0.4, -0.2) is 5.11 Å². The topological polar surface area (TPSA) is 33.4 Å². The number of hydrogen-bond donors (Lipinski definition) is 1. The molecule has 0 fully saturated rings. The van der Waals surface area contributed by atoms with Gasteiger partial charge in [0.15, 0.2) is 0 Å². The van der Waals surface area contributed by atoms with Gasteiger partial charge in [0.05, 0.1) is 18.1 Å². The predicted molar refractivity (Wildman–Crippen MR) is 71.1 cm³/mol. The van der Waals surface area contributed by atoms with E-state index >= 15 is 0 Å². The van der Waals surface area contributed by atoms with Crippen molar-refractivity contribution in [3.63, 3.8) is 0 Å². The van der Waals surface area contributed by atoms with E-state index in [9.17, 15) is 5.11 Å². The molecule has 4 heteroatoms. The van der Waals surface area contributed by atoms with Crippen LogP contribution in [0.2, 0.25) is 5.02 Å². The average molecular weight is 316 g/mol. The highest BCUT2D eigenvalue weighted by Crippen LogP contribution is 2.30. The minimum atomic E-state index is -0.982. The summed E-state index contributed by atoms with van der Waals surface area (Å²) >= 11 is 9.49. The lowest BCUT2D eigenvalue weighted by atomic mass is 9.91. The molecule has 0 saturated heterocycles. The van der Waals surface area contributed by atoms with Crippen molar-refractivity contribution in [2.75, 3.05) is 0 Å². The number of benzene rings is 1. The first-order valence-electron chi connectivity index (χ1n) is 5.18. The molecule has 2 aromatic rings. The first-order valence-corrected chi connectivity index (χ1v) is 6.35. The van der Waals surface area contributed by atoms with Gasteiger partial charge in [0.2, 0.25) is 0 Å². The van der Waals surface area contributed by atoms with Gasteiger partial charge in [-0.3, -0.25) is 0 Å². The molecule has 0 aliphatic heterocycles. The summed E-state index contributed by atoms with van der Waals surface area (Å²) in [5.41, 5.74) is 0.669. The fourth-order valence-electron chi connectivity index (χ4n) is 1.71. The summed E-state index contributed by atoms with van der Waals surface area (Å²) in [6.07, 6.45) is 3.54. The summed E-state index contributed by atoms with van der Waals surface area (Å²) in [6, 6.07) is 7.39. The average Bonchev–Trinajstić information content (AvgIpc) is 2.76. The Morgan fingerprint density at radius 1 is 1.41 bits per heavy atom. The molecule has 0 aliphatic rings. The molecule has 17 heavy (non-hydrogen) atoms. The van der Waals surface area contributed by atoms with E-state index in [-0.39, 0.29) is 0 Å². The van der Waals surface area contributed by atoms with E-state index in [0.717, 1.165) is 15.6 Å². The highest BCUT2D eigenvalue weighted by molar-refractivity contribution is 9.10. The number of furan rings is 1. The van der Waals surface area contributed by atoms with Gasteiger partial charge in [-0.25, -0.2) is 0 Å². The molecule has 1 heterocycles. The Balaban J connectivity index is 2.26. The second kappa shape index (κ2) is 4.84. The molecule has 0 aliphatic carbocycles. The molecular weight excluding hydrogens is 303 g/mol. The lowest BCUT2D eigenvalue weighted by Crippen LogP contribution is -2.23. The van der Waals surface area contributed by atoms with Crippen molar-refractivity contribution in [2.45, 2.75) is 18.9 Å². The van der Waals surface area contributed by atoms with E-state index in [4.69, 9.17) is 16.0 Å². The Morgan fingerprint density at radius 3 is 2.76 bits per heavy atom. The fourth-order valence-corrected chi connectivity index (χ4v) is 2.45. The summed E-state index contributed by atoms with van der Waals surface area (Å²) in [5.74, 6) is 0. The predicted octanol–water partition coefficient (Wildman–Crippen LogP) is 4.15. The summed E-state index contributed by atoms with van der Waals surface area (Å²) in [7, 11) is 0. The molecule has 0 saturated carbocycles. The van der Waals surface area contributed by atoms with Crippen LogP contribution < -0.4 is 0 Å². The third-order valence-electron chi connectivity index (χ3n) is 2.69. The largest absolute Gasteiger partial charge is 0.472 e. The fraction of sp³-hybridized carbons (Fsp3) is 0.231. The normalized spacial score (nSPS) is 14.6. The zero-order valence-corrected chi connectivity index (χ0v) is 11.6. The summed E-state index contributed by atoms with van der Waals surface area (Å²) in [6.45, 7) is 1.75. The summed E-state index contributed by atoms with van der Waals surface area (Å²) < 4.78 is 5.91. The maximum Gasteiger partial charge on any atom is 0.0963 e. The Bertz CT molecular complexity index is 506. The molecule has 0 spiro atoms. The molecule has 1 unspecified atom stereocenters. The maximum atomic E-state index is 10.4. The SMILES string of the molecule is CC(O)(Cc1ccc(Br)cc1Cl)c1ccoc1.